The van der Waals surface area contributed by atoms with E-state index in [9.17, 15) is 4.79 Å². The molecule has 0 saturated carbocycles. The van der Waals surface area contributed by atoms with Crippen molar-refractivity contribution in [1.82, 2.24) is 5.32 Å². The van der Waals surface area contributed by atoms with E-state index in [1.165, 1.54) is 0 Å². The van der Waals surface area contributed by atoms with Crippen molar-refractivity contribution in [2.45, 2.75) is 20.3 Å². The second kappa shape index (κ2) is 10.3. The number of para-hydroxylation sites is 2. The Kier molecular flexibility index (Phi) is 7.82. The smallest absolute Gasteiger partial charge is 0.257 e. The van der Waals surface area contributed by atoms with Gasteiger partial charge in [-0.3, -0.25) is 10.1 Å². The van der Waals surface area contributed by atoms with Gasteiger partial charge in [-0.15, -0.1) is 0 Å². The summed E-state index contributed by atoms with van der Waals surface area (Å²) in [5, 5.41) is 5.85. The number of carbonyl (C=O) groups is 1. The lowest BCUT2D eigenvalue weighted by Crippen LogP contribution is -2.34. The Morgan fingerprint density at radius 1 is 1.11 bits per heavy atom. The zero-order chi connectivity index (χ0) is 19.6. The molecule has 2 aromatic rings. The first-order chi connectivity index (χ1) is 13.0. The summed E-state index contributed by atoms with van der Waals surface area (Å²) in [6.07, 6.45) is 0.930. The molecule has 0 aromatic heterocycles. The predicted molar refractivity (Wildman–Crippen MR) is 113 cm³/mol. The molecule has 0 aliphatic rings. The van der Waals surface area contributed by atoms with Crippen molar-refractivity contribution in [2.75, 3.05) is 18.5 Å². The number of hydrogen-bond donors (Lipinski definition) is 2. The standard InChI is InChI=1S/C21H24N2O3S/c1-4-13-25-17-11-9-16(10-12-17)20(24)23-21(27)22-18-7-5-6-8-19(18)26-14-15(2)3/h5-12H,2,4,13-14H2,1,3H3,(H2,22,23,24,27). The maximum atomic E-state index is 12.3. The van der Waals surface area contributed by atoms with Gasteiger partial charge in [0.2, 0.25) is 0 Å². The maximum absolute atomic E-state index is 12.3. The molecule has 0 fully saturated rings. The van der Waals surface area contributed by atoms with E-state index >= 15 is 0 Å². The first-order valence-electron chi connectivity index (χ1n) is 8.71. The Balaban J connectivity index is 1.95. The topological polar surface area (TPSA) is 59.6 Å². The molecular weight excluding hydrogens is 360 g/mol. The minimum atomic E-state index is -0.296. The van der Waals surface area contributed by atoms with Crippen LogP contribution in [0, 0.1) is 0 Å². The Bertz CT molecular complexity index is 803. The summed E-state index contributed by atoms with van der Waals surface area (Å²) >= 11 is 5.25. The van der Waals surface area contributed by atoms with Gasteiger partial charge < -0.3 is 14.8 Å². The van der Waals surface area contributed by atoms with Gasteiger partial charge in [0, 0.05) is 5.56 Å². The quantitative estimate of drug-likeness (QED) is 0.516. The van der Waals surface area contributed by atoms with Gasteiger partial charge >= 0.3 is 0 Å². The third-order valence-electron chi connectivity index (χ3n) is 3.43. The largest absolute Gasteiger partial charge is 0.494 e. The summed E-state index contributed by atoms with van der Waals surface area (Å²) in [5.41, 5.74) is 2.08. The average molecular weight is 385 g/mol. The van der Waals surface area contributed by atoms with E-state index in [2.05, 4.69) is 17.2 Å². The number of benzene rings is 2. The number of rotatable bonds is 8. The molecule has 0 unspecified atom stereocenters. The molecule has 0 saturated heterocycles. The number of ether oxygens (including phenoxy) is 2. The van der Waals surface area contributed by atoms with Crippen LogP contribution in [-0.2, 0) is 0 Å². The highest BCUT2D eigenvalue weighted by Gasteiger charge is 2.10. The molecule has 2 aromatic carbocycles. The molecule has 1 amide bonds. The zero-order valence-electron chi connectivity index (χ0n) is 15.6. The van der Waals surface area contributed by atoms with Crippen LogP contribution < -0.4 is 20.1 Å². The normalized spacial score (nSPS) is 10.0. The summed E-state index contributed by atoms with van der Waals surface area (Å²) in [7, 11) is 0. The maximum Gasteiger partial charge on any atom is 0.257 e. The lowest BCUT2D eigenvalue weighted by Gasteiger charge is -2.14. The van der Waals surface area contributed by atoms with Crippen LogP contribution in [0.5, 0.6) is 11.5 Å². The molecule has 0 aliphatic heterocycles. The predicted octanol–water partition coefficient (Wildman–Crippen LogP) is 4.56. The third-order valence-corrected chi connectivity index (χ3v) is 3.63. The van der Waals surface area contributed by atoms with Crippen LogP contribution in [0.25, 0.3) is 0 Å². The fourth-order valence-electron chi connectivity index (χ4n) is 2.15. The van der Waals surface area contributed by atoms with Crippen LogP contribution in [0.2, 0.25) is 0 Å². The van der Waals surface area contributed by atoms with Crippen LogP contribution in [0.4, 0.5) is 5.69 Å². The van der Waals surface area contributed by atoms with Crippen molar-refractivity contribution >= 4 is 28.9 Å². The highest BCUT2D eigenvalue weighted by molar-refractivity contribution is 7.80. The van der Waals surface area contributed by atoms with E-state index in [0.29, 0.717) is 30.2 Å². The molecule has 27 heavy (non-hydrogen) atoms. The molecule has 0 radical (unpaired) electrons. The highest BCUT2D eigenvalue weighted by Crippen LogP contribution is 2.24. The Morgan fingerprint density at radius 2 is 1.81 bits per heavy atom. The second-order valence-corrected chi connectivity index (χ2v) is 6.43. The number of carbonyl (C=O) groups excluding carboxylic acids is 1. The molecule has 6 heteroatoms. The number of thiocarbonyl (C=S) groups is 1. The van der Waals surface area contributed by atoms with Crippen LogP contribution in [0.3, 0.4) is 0 Å². The number of nitrogens with one attached hydrogen (secondary N) is 2. The third kappa shape index (κ3) is 6.75. The van der Waals surface area contributed by atoms with E-state index in [-0.39, 0.29) is 11.0 Å². The summed E-state index contributed by atoms with van der Waals surface area (Å²) in [4.78, 5) is 12.3. The SMILES string of the molecule is C=C(C)COc1ccccc1NC(=S)NC(=O)c1ccc(OCCC)cc1. The van der Waals surface area contributed by atoms with Crippen molar-refractivity contribution in [3.8, 4) is 11.5 Å². The van der Waals surface area contributed by atoms with Gasteiger partial charge in [0.15, 0.2) is 5.11 Å². The molecule has 0 heterocycles. The molecule has 142 valence electrons. The number of hydrogen-bond acceptors (Lipinski definition) is 4. The molecule has 0 atom stereocenters. The van der Waals surface area contributed by atoms with Crippen molar-refractivity contribution in [2.24, 2.45) is 0 Å². The molecule has 0 aliphatic carbocycles. The van der Waals surface area contributed by atoms with Gasteiger partial charge in [-0.1, -0.05) is 25.6 Å². The molecule has 0 spiro atoms. The number of amides is 1. The van der Waals surface area contributed by atoms with Crippen LogP contribution in [-0.4, -0.2) is 24.2 Å². The molecular formula is C21H24N2O3S. The molecule has 2 N–H and O–H groups in total. The molecule has 2 rings (SSSR count). The van der Waals surface area contributed by atoms with Crippen molar-refractivity contribution in [3.05, 3.63) is 66.2 Å². The fraction of sp³-hybridized carbons (Fsp3) is 0.238. The lowest BCUT2D eigenvalue weighted by atomic mass is 10.2. The van der Waals surface area contributed by atoms with E-state index < -0.39 is 0 Å². The first-order valence-corrected chi connectivity index (χ1v) is 9.12. The average Bonchev–Trinajstić information content (AvgIpc) is 2.65. The fourth-order valence-corrected chi connectivity index (χ4v) is 2.35. The summed E-state index contributed by atoms with van der Waals surface area (Å²) in [5.74, 6) is 1.07. The minimum absolute atomic E-state index is 0.192. The molecule has 0 bridgehead atoms. The molecule has 5 nitrogen and oxygen atoms in total. The lowest BCUT2D eigenvalue weighted by molar-refractivity contribution is 0.0977. The van der Waals surface area contributed by atoms with Gasteiger partial charge in [-0.05, 0) is 67.5 Å². The van der Waals surface area contributed by atoms with E-state index in [1.54, 1.807) is 24.3 Å². The number of anilines is 1. The van der Waals surface area contributed by atoms with E-state index in [4.69, 9.17) is 21.7 Å². The van der Waals surface area contributed by atoms with Crippen LogP contribution >= 0.6 is 12.2 Å². The van der Waals surface area contributed by atoms with E-state index in [1.807, 2.05) is 38.1 Å². The van der Waals surface area contributed by atoms with Gasteiger partial charge in [-0.25, -0.2) is 0 Å². The van der Waals surface area contributed by atoms with Crippen LogP contribution in [0.15, 0.2) is 60.7 Å². The Hall–Kier alpha value is -2.86. The second-order valence-electron chi connectivity index (χ2n) is 6.02. The Labute approximate surface area is 165 Å². The van der Waals surface area contributed by atoms with Crippen molar-refractivity contribution < 1.29 is 14.3 Å². The monoisotopic (exact) mass is 384 g/mol. The van der Waals surface area contributed by atoms with E-state index in [0.717, 1.165) is 17.7 Å². The minimum Gasteiger partial charge on any atom is -0.494 e. The first kappa shape index (κ1) is 20.5. The zero-order valence-corrected chi connectivity index (χ0v) is 16.4. The highest BCUT2D eigenvalue weighted by atomic mass is 32.1. The van der Waals surface area contributed by atoms with Gasteiger partial charge in [0.1, 0.15) is 18.1 Å². The summed E-state index contributed by atoms with van der Waals surface area (Å²) in [6, 6.07) is 14.3. The van der Waals surface area contributed by atoms with Gasteiger partial charge in [-0.2, -0.15) is 0 Å². The van der Waals surface area contributed by atoms with Gasteiger partial charge in [0.05, 0.1) is 12.3 Å². The van der Waals surface area contributed by atoms with Gasteiger partial charge in [0.25, 0.3) is 5.91 Å². The summed E-state index contributed by atoms with van der Waals surface area (Å²) < 4.78 is 11.2. The van der Waals surface area contributed by atoms with Crippen molar-refractivity contribution in [1.29, 1.82) is 0 Å². The Morgan fingerprint density at radius 3 is 2.48 bits per heavy atom. The van der Waals surface area contributed by atoms with Crippen molar-refractivity contribution in [3.63, 3.8) is 0 Å². The van der Waals surface area contributed by atoms with Crippen LogP contribution in [0.1, 0.15) is 30.6 Å². The summed E-state index contributed by atoms with van der Waals surface area (Å²) in [6.45, 7) is 8.80.